The highest BCUT2D eigenvalue weighted by molar-refractivity contribution is 9.10. The molecule has 112 valence electrons. The molecule has 0 fully saturated rings. The van der Waals surface area contributed by atoms with Crippen molar-refractivity contribution in [3.63, 3.8) is 0 Å². The number of hydrogen-bond donors (Lipinski definition) is 0. The van der Waals surface area contributed by atoms with Crippen LogP contribution in [0.4, 0.5) is 0 Å². The average Bonchev–Trinajstić information content (AvgIpc) is 2.47. The summed E-state index contributed by atoms with van der Waals surface area (Å²) in [5.41, 5.74) is 0.497. The van der Waals surface area contributed by atoms with Crippen LogP contribution in [0.1, 0.15) is 37.7 Å². The molecule has 1 aromatic rings. The summed E-state index contributed by atoms with van der Waals surface area (Å²) >= 11 is 3.39. The normalized spacial score (nSPS) is 10.8. The SMILES string of the molecule is CCN(CC)CCCN(CC)C(=O)c1ncccc1Br. The van der Waals surface area contributed by atoms with E-state index in [0.29, 0.717) is 12.2 Å². The highest BCUT2D eigenvalue weighted by atomic mass is 79.9. The Morgan fingerprint density at radius 1 is 1.20 bits per heavy atom. The zero-order valence-electron chi connectivity index (χ0n) is 12.6. The van der Waals surface area contributed by atoms with Gasteiger partial charge < -0.3 is 9.80 Å². The van der Waals surface area contributed by atoms with Gasteiger partial charge in [-0.25, -0.2) is 4.98 Å². The van der Waals surface area contributed by atoms with E-state index in [1.807, 2.05) is 24.0 Å². The lowest BCUT2D eigenvalue weighted by Gasteiger charge is -2.23. The zero-order chi connectivity index (χ0) is 15.0. The molecular formula is C15H24BrN3O. The van der Waals surface area contributed by atoms with E-state index in [1.165, 1.54) is 0 Å². The second-order valence-corrected chi connectivity index (χ2v) is 5.45. The van der Waals surface area contributed by atoms with E-state index in [-0.39, 0.29) is 5.91 Å². The van der Waals surface area contributed by atoms with Crippen LogP contribution in [-0.2, 0) is 0 Å². The van der Waals surface area contributed by atoms with Gasteiger partial charge in [-0.2, -0.15) is 0 Å². The first-order chi connectivity index (χ1) is 9.63. The summed E-state index contributed by atoms with van der Waals surface area (Å²) < 4.78 is 0.757. The Morgan fingerprint density at radius 2 is 1.90 bits per heavy atom. The summed E-state index contributed by atoms with van der Waals surface area (Å²) in [6.45, 7) is 11.0. The van der Waals surface area contributed by atoms with Crippen LogP contribution in [0.25, 0.3) is 0 Å². The van der Waals surface area contributed by atoms with Crippen LogP contribution in [-0.4, -0.2) is 53.4 Å². The summed E-state index contributed by atoms with van der Waals surface area (Å²) in [6.07, 6.45) is 2.65. The van der Waals surface area contributed by atoms with Gasteiger partial charge >= 0.3 is 0 Å². The number of hydrogen-bond acceptors (Lipinski definition) is 3. The molecule has 0 radical (unpaired) electrons. The van der Waals surface area contributed by atoms with Crippen LogP contribution >= 0.6 is 15.9 Å². The zero-order valence-corrected chi connectivity index (χ0v) is 14.2. The predicted molar refractivity (Wildman–Crippen MR) is 85.9 cm³/mol. The number of halogens is 1. The van der Waals surface area contributed by atoms with Crippen molar-refractivity contribution >= 4 is 21.8 Å². The van der Waals surface area contributed by atoms with Crippen LogP contribution in [0.15, 0.2) is 22.8 Å². The summed E-state index contributed by atoms with van der Waals surface area (Å²) in [4.78, 5) is 20.8. The van der Waals surface area contributed by atoms with Crippen LogP contribution in [0, 0.1) is 0 Å². The number of nitrogens with zero attached hydrogens (tertiary/aromatic N) is 3. The Morgan fingerprint density at radius 3 is 2.45 bits per heavy atom. The van der Waals surface area contributed by atoms with Crippen molar-refractivity contribution in [2.24, 2.45) is 0 Å². The Balaban J connectivity index is 2.58. The maximum absolute atomic E-state index is 12.4. The van der Waals surface area contributed by atoms with E-state index in [4.69, 9.17) is 0 Å². The minimum absolute atomic E-state index is 0.000443. The molecule has 0 aliphatic rings. The van der Waals surface area contributed by atoms with Crippen molar-refractivity contribution in [2.75, 3.05) is 32.7 Å². The Kier molecular flexibility index (Phi) is 7.77. The fourth-order valence-corrected chi connectivity index (χ4v) is 2.55. The van der Waals surface area contributed by atoms with Gasteiger partial charge in [-0.05, 0) is 61.0 Å². The second-order valence-electron chi connectivity index (χ2n) is 4.60. The van der Waals surface area contributed by atoms with Crippen molar-refractivity contribution in [1.29, 1.82) is 0 Å². The Bertz CT molecular complexity index is 421. The van der Waals surface area contributed by atoms with Crippen molar-refractivity contribution in [3.8, 4) is 0 Å². The molecule has 1 heterocycles. The van der Waals surface area contributed by atoms with E-state index in [1.54, 1.807) is 6.20 Å². The third-order valence-corrected chi connectivity index (χ3v) is 4.07. The van der Waals surface area contributed by atoms with Crippen molar-refractivity contribution in [3.05, 3.63) is 28.5 Å². The third-order valence-electron chi connectivity index (χ3n) is 3.43. The topological polar surface area (TPSA) is 36.4 Å². The van der Waals surface area contributed by atoms with Crippen LogP contribution < -0.4 is 0 Å². The molecule has 20 heavy (non-hydrogen) atoms. The van der Waals surface area contributed by atoms with Gasteiger partial charge in [-0.15, -0.1) is 0 Å². The highest BCUT2D eigenvalue weighted by Crippen LogP contribution is 2.15. The van der Waals surface area contributed by atoms with Gasteiger partial charge in [0.2, 0.25) is 0 Å². The van der Waals surface area contributed by atoms with Gasteiger partial charge in [0.1, 0.15) is 5.69 Å². The maximum atomic E-state index is 12.4. The fraction of sp³-hybridized carbons (Fsp3) is 0.600. The first-order valence-corrected chi connectivity index (χ1v) is 8.05. The molecule has 0 saturated carbocycles. The van der Waals surface area contributed by atoms with Gasteiger partial charge in [0.05, 0.1) is 0 Å². The summed E-state index contributed by atoms with van der Waals surface area (Å²) in [6, 6.07) is 3.67. The summed E-state index contributed by atoms with van der Waals surface area (Å²) in [7, 11) is 0. The molecule has 0 saturated heterocycles. The van der Waals surface area contributed by atoms with E-state index < -0.39 is 0 Å². The fourth-order valence-electron chi connectivity index (χ4n) is 2.12. The molecule has 5 heteroatoms. The van der Waals surface area contributed by atoms with Crippen molar-refractivity contribution in [1.82, 2.24) is 14.8 Å². The first kappa shape index (κ1) is 17.1. The molecule has 1 aromatic heterocycles. The highest BCUT2D eigenvalue weighted by Gasteiger charge is 2.17. The number of pyridine rings is 1. The van der Waals surface area contributed by atoms with E-state index in [2.05, 4.69) is 39.7 Å². The Labute approximate surface area is 130 Å². The van der Waals surface area contributed by atoms with Gasteiger partial charge in [-0.3, -0.25) is 4.79 Å². The number of amides is 1. The van der Waals surface area contributed by atoms with E-state index in [0.717, 1.165) is 37.1 Å². The van der Waals surface area contributed by atoms with Crippen LogP contribution in [0.3, 0.4) is 0 Å². The maximum Gasteiger partial charge on any atom is 0.273 e. The number of rotatable bonds is 8. The molecule has 0 aliphatic carbocycles. The molecule has 1 amide bonds. The quantitative estimate of drug-likeness (QED) is 0.729. The number of aromatic nitrogens is 1. The van der Waals surface area contributed by atoms with Crippen LogP contribution in [0.5, 0.6) is 0 Å². The lowest BCUT2D eigenvalue weighted by molar-refractivity contribution is 0.0750. The number of carbonyl (C=O) groups excluding carboxylic acids is 1. The largest absolute Gasteiger partial charge is 0.338 e. The van der Waals surface area contributed by atoms with Crippen LogP contribution in [0.2, 0.25) is 0 Å². The van der Waals surface area contributed by atoms with Crippen molar-refractivity contribution in [2.45, 2.75) is 27.2 Å². The molecule has 0 aromatic carbocycles. The minimum atomic E-state index is -0.000443. The monoisotopic (exact) mass is 341 g/mol. The second kappa shape index (κ2) is 9.08. The smallest absolute Gasteiger partial charge is 0.273 e. The molecule has 0 atom stereocenters. The molecule has 0 aliphatic heterocycles. The van der Waals surface area contributed by atoms with E-state index in [9.17, 15) is 4.79 Å². The van der Waals surface area contributed by atoms with Crippen molar-refractivity contribution < 1.29 is 4.79 Å². The van der Waals surface area contributed by atoms with E-state index >= 15 is 0 Å². The summed E-state index contributed by atoms with van der Waals surface area (Å²) in [5.74, 6) is -0.000443. The predicted octanol–water partition coefficient (Wildman–Crippen LogP) is 3.04. The molecule has 0 N–H and O–H groups in total. The van der Waals surface area contributed by atoms with Gasteiger partial charge in [0, 0.05) is 23.8 Å². The standard InChI is InChI=1S/C15H24BrN3O/c1-4-18(5-2)11-8-12-19(6-3)15(20)14-13(16)9-7-10-17-14/h7,9-10H,4-6,8,11-12H2,1-3H3. The lowest BCUT2D eigenvalue weighted by Crippen LogP contribution is -2.35. The molecular weight excluding hydrogens is 318 g/mol. The van der Waals surface area contributed by atoms with Gasteiger partial charge in [0.25, 0.3) is 5.91 Å². The first-order valence-electron chi connectivity index (χ1n) is 7.26. The van der Waals surface area contributed by atoms with Gasteiger partial charge in [-0.1, -0.05) is 13.8 Å². The molecule has 4 nitrogen and oxygen atoms in total. The average molecular weight is 342 g/mol. The lowest BCUT2D eigenvalue weighted by atomic mass is 10.3. The molecule has 0 unspecified atom stereocenters. The third kappa shape index (κ3) is 4.87. The molecule has 0 bridgehead atoms. The molecule has 0 spiro atoms. The van der Waals surface area contributed by atoms with Gasteiger partial charge in [0.15, 0.2) is 0 Å². The molecule has 1 rings (SSSR count). The minimum Gasteiger partial charge on any atom is -0.338 e. The number of carbonyl (C=O) groups is 1. The Hall–Kier alpha value is -0.940. The summed E-state index contributed by atoms with van der Waals surface area (Å²) in [5, 5.41) is 0.